The molecule has 0 saturated heterocycles. The zero-order chi connectivity index (χ0) is 13.1. The predicted octanol–water partition coefficient (Wildman–Crippen LogP) is 1.22. The Kier molecular flexibility index (Phi) is 7.52. The second-order valence-electron chi connectivity index (χ2n) is 3.72. The molecule has 1 aromatic rings. The minimum absolute atomic E-state index is 0.0339. The third kappa shape index (κ3) is 6.83. The monoisotopic (exact) mass is 249 g/mol. The van der Waals surface area contributed by atoms with E-state index in [1.165, 1.54) is 6.08 Å². The number of aliphatic hydroxyl groups is 1. The van der Waals surface area contributed by atoms with Gasteiger partial charge in [-0.2, -0.15) is 0 Å². The topological polar surface area (TPSA) is 58.6 Å². The number of ether oxygens (including phenoxy) is 1. The molecular formula is C14H19NO3. The number of carbonyl (C=O) groups excluding carboxylic acids is 1. The highest BCUT2D eigenvalue weighted by atomic mass is 16.5. The van der Waals surface area contributed by atoms with Crippen LogP contribution in [0.3, 0.4) is 0 Å². The Morgan fingerprint density at radius 3 is 2.78 bits per heavy atom. The van der Waals surface area contributed by atoms with Crippen LogP contribution in [0.25, 0.3) is 6.08 Å². The van der Waals surface area contributed by atoms with Crippen LogP contribution in [-0.4, -0.2) is 37.4 Å². The first-order valence-electron chi connectivity index (χ1n) is 6.02. The SMILES string of the molecule is O=C(/C=C/c1ccccc1)NCCCOCCO. The first-order valence-corrected chi connectivity index (χ1v) is 6.02. The van der Waals surface area contributed by atoms with Crippen molar-refractivity contribution in [3.8, 4) is 0 Å². The lowest BCUT2D eigenvalue weighted by Gasteiger charge is -2.03. The summed E-state index contributed by atoms with van der Waals surface area (Å²) in [5, 5.41) is 11.2. The van der Waals surface area contributed by atoms with Crippen molar-refractivity contribution in [3.63, 3.8) is 0 Å². The normalized spacial score (nSPS) is 10.7. The maximum absolute atomic E-state index is 11.4. The predicted molar refractivity (Wildman–Crippen MR) is 71.0 cm³/mol. The Labute approximate surface area is 107 Å². The third-order valence-corrected chi connectivity index (χ3v) is 2.23. The van der Waals surface area contributed by atoms with E-state index >= 15 is 0 Å². The van der Waals surface area contributed by atoms with Crippen LogP contribution >= 0.6 is 0 Å². The molecule has 0 heterocycles. The molecule has 0 radical (unpaired) electrons. The fourth-order valence-corrected chi connectivity index (χ4v) is 1.35. The van der Waals surface area contributed by atoms with Crippen LogP contribution in [0, 0.1) is 0 Å². The summed E-state index contributed by atoms with van der Waals surface area (Å²) in [5.41, 5.74) is 0.999. The molecule has 0 atom stereocenters. The van der Waals surface area contributed by atoms with E-state index in [0.717, 1.165) is 12.0 Å². The van der Waals surface area contributed by atoms with E-state index < -0.39 is 0 Å². The zero-order valence-corrected chi connectivity index (χ0v) is 10.3. The Hall–Kier alpha value is -1.65. The molecular weight excluding hydrogens is 230 g/mol. The molecule has 98 valence electrons. The van der Waals surface area contributed by atoms with Crippen LogP contribution in [0.4, 0.5) is 0 Å². The maximum atomic E-state index is 11.4. The van der Waals surface area contributed by atoms with Crippen molar-refractivity contribution < 1.29 is 14.6 Å². The lowest BCUT2D eigenvalue weighted by Crippen LogP contribution is -2.23. The molecule has 18 heavy (non-hydrogen) atoms. The number of carbonyl (C=O) groups is 1. The van der Waals surface area contributed by atoms with Crippen LogP contribution in [0.15, 0.2) is 36.4 Å². The largest absolute Gasteiger partial charge is 0.394 e. The van der Waals surface area contributed by atoms with Gasteiger partial charge in [0.2, 0.25) is 5.91 Å². The number of amides is 1. The molecule has 1 aromatic carbocycles. The minimum atomic E-state index is -0.110. The molecule has 4 heteroatoms. The van der Waals surface area contributed by atoms with E-state index in [0.29, 0.717) is 19.8 Å². The van der Waals surface area contributed by atoms with Gasteiger partial charge in [-0.1, -0.05) is 30.3 Å². The first kappa shape index (κ1) is 14.4. The maximum Gasteiger partial charge on any atom is 0.244 e. The molecule has 0 fully saturated rings. The summed E-state index contributed by atoms with van der Waals surface area (Å²) in [6.45, 7) is 1.50. The Morgan fingerprint density at radius 1 is 1.28 bits per heavy atom. The first-order chi connectivity index (χ1) is 8.83. The molecule has 0 aromatic heterocycles. The molecule has 0 aliphatic rings. The van der Waals surface area contributed by atoms with Crippen molar-refractivity contribution in [2.75, 3.05) is 26.4 Å². The van der Waals surface area contributed by atoms with Gasteiger partial charge in [0.1, 0.15) is 0 Å². The minimum Gasteiger partial charge on any atom is -0.394 e. The van der Waals surface area contributed by atoms with E-state index in [1.807, 2.05) is 30.3 Å². The van der Waals surface area contributed by atoms with Gasteiger partial charge in [0.15, 0.2) is 0 Å². The second kappa shape index (κ2) is 9.39. The van der Waals surface area contributed by atoms with Crippen molar-refractivity contribution in [3.05, 3.63) is 42.0 Å². The van der Waals surface area contributed by atoms with E-state index in [9.17, 15) is 4.79 Å². The van der Waals surface area contributed by atoms with Crippen molar-refractivity contribution >= 4 is 12.0 Å². The van der Waals surface area contributed by atoms with E-state index in [1.54, 1.807) is 6.08 Å². The van der Waals surface area contributed by atoms with Gasteiger partial charge in [0.05, 0.1) is 13.2 Å². The highest BCUT2D eigenvalue weighted by Gasteiger charge is 1.94. The number of hydrogen-bond donors (Lipinski definition) is 2. The average molecular weight is 249 g/mol. The summed E-state index contributed by atoms with van der Waals surface area (Å²) in [5.74, 6) is -0.110. The fourth-order valence-electron chi connectivity index (χ4n) is 1.35. The summed E-state index contributed by atoms with van der Waals surface area (Å²) in [4.78, 5) is 11.4. The smallest absolute Gasteiger partial charge is 0.244 e. The molecule has 0 aliphatic heterocycles. The number of benzene rings is 1. The van der Waals surface area contributed by atoms with Crippen molar-refractivity contribution in [1.82, 2.24) is 5.32 Å². The number of rotatable bonds is 8. The van der Waals surface area contributed by atoms with Crippen LogP contribution in [0.1, 0.15) is 12.0 Å². The van der Waals surface area contributed by atoms with Gasteiger partial charge in [-0.15, -0.1) is 0 Å². The van der Waals surface area contributed by atoms with Gasteiger partial charge in [0, 0.05) is 19.2 Å². The lowest BCUT2D eigenvalue weighted by molar-refractivity contribution is -0.116. The molecule has 0 bridgehead atoms. The highest BCUT2D eigenvalue weighted by molar-refractivity contribution is 5.91. The van der Waals surface area contributed by atoms with Gasteiger partial charge >= 0.3 is 0 Å². The highest BCUT2D eigenvalue weighted by Crippen LogP contribution is 2.00. The summed E-state index contributed by atoms with van der Waals surface area (Å²) in [7, 11) is 0. The number of aliphatic hydroxyl groups excluding tert-OH is 1. The van der Waals surface area contributed by atoms with Crippen LogP contribution in [0.2, 0.25) is 0 Å². The van der Waals surface area contributed by atoms with E-state index in [4.69, 9.17) is 9.84 Å². The van der Waals surface area contributed by atoms with E-state index in [-0.39, 0.29) is 12.5 Å². The Balaban J connectivity index is 2.12. The molecule has 0 saturated carbocycles. The molecule has 4 nitrogen and oxygen atoms in total. The van der Waals surface area contributed by atoms with Gasteiger partial charge in [-0.3, -0.25) is 4.79 Å². The van der Waals surface area contributed by atoms with E-state index in [2.05, 4.69) is 5.32 Å². The van der Waals surface area contributed by atoms with Crippen molar-refractivity contribution in [2.24, 2.45) is 0 Å². The third-order valence-electron chi connectivity index (χ3n) is 2.23. The molecule has 0 aliphatic carbocycles. The zero-order valence-electron chi connectivity index (χ0n) is 10.3. The standard InChI is InChI=1S/C14H19NO3/c16-10-12-18-11-4-9-15-14(17)8-7-13-5-2-1-3-6-13/h1-3,5-8,16H,4,9-12H2,(H,15,17)/b8-7+. The second-order valence-corrected chi connectivity index (χ2v) is 3.72. The molecule has 1 rings (SSSR count). The van der Waals surface area contributed by atoms with Crippen molar-refractivity contribution in [1.29, 1.82) is 0 Å². The van der Waals surface area contributed by atoms with Gasteiger partial charge in [0.25, 0.3) is 0 Å². The molecule has 0 unspecified atom stereocenters. The van der Waals surface area contributed by atoms with Gasteiger partial charge in [-0.25, -0.2) is 0 Å². The van der Waals surface area contributed by atoms with Crippen LogP contribution in [0.5, 0.6) is 0 Å². The Bertz CT molecular complexity index is 363. The number of nitrogens with one attached hydrogen (secondary N) is 1. The molecule has 0 spiro atoms. The number of hydrogen-bond acceptors (Lipinski definition) is 3. The quantitative estimate of drug-likeness (QED) is 0.538. The lowest BCUT2D eigenvalue weighted by atomic mass is 10.2. The average Bonchev–Trinajstić information content (AvgIpc) is 2.41. The summed E-state index contributed by atoms with van der Waals surface area (Å²) >= 11 is 0. The fraction of sp³-hybridized carbons (Fsp3) is 0.357. The van der Waals surface area contributed by atoms with Crippen LogP contribution in [-0.2, 0) is 9.53 Å². The summed E-state index contributed by atoms with van der Waals surface area (Å²) in [6, 6.07) is 9.66. The van der Waals surface area contributed by atoms with Gasteiger partial charge in [-0.05, 0) is 18.1 Å². The van der Waals surface area contributed by atoms with Crippen molar-refractivity contribution in [2.45, 2.75) is 6.42 Å². The molecule has 2 N–H and O–H groups in total. The summed E-state index contributed by atoms with van der Waals surface area (Å²) < 4.78 is 5.07. The Morgan fingerprint density at radius 2 is 2.06 bits per heavy atom. The molecule has 1 amide bonds. The van der Waals surface area contributed by atoms with Crippen LogP contribution < -0.4 is 5.32 Å². The van der Waals surface area contributed by atoms with Gasteiger partial charge < -0.3 is 15.2 Å². The summed E-state index contributed by atoms with van der Waals surface area (Å²) in [6.07, 6.45) is 4.03.